The summed E-state index contributed by atoms with van der Waals surface area (Å²) < 4.78 is 30.1. The summed E-state index contributed by atoms with van der Waals surface area (Å²) in [5.41, 5.74) is -0.296. The summed E-state index contributed by atoms with van der Waals surface area (Å²) in [7, 11) is -3.25. The van der Waals surface area contributed by atoms with Gasteiger partial charge in [0.15, 0.2) is 15.7 Å². The maximum atomic E-state index is 13.4. The molecular formula is C21H24ClN3O6S. The number of rotatable bonds is 6. The van der Waals surface area contributed by atoms with Crippen LogP contribution >= 0.6 is 11.6 Å². The summed E-state index contributed by atoms with van der Waals surface area (Å²) in [5, 5.41) is 11.2. The zero-order chi connectivity index (χ0) is 22.9. The molecule has 11 heteroatoms. The van der Waals surface area contributed by atoms with Gasteiger partial charge in [0.05, 0.1) is 23.0 Å². The molecule has 2 aliphatic heterocycles. The molecule has 1 amide bonds. The zero-order valence-corrected chi connectivity index (χ0v) is 19.0. The summed E-state index contributed by atoms with van der Waals surface area (Å²) in [6.07, 6.45) is 3.69. The van der Waals surface area contributed by atoms with Gasteiger partial charge in [-0.3, -0.25) is 14.9 Å². The normalized spacial score (nSPS) is 20.3. The van der Waals surface area contributed by atoms with Crippen LogP contribution in [0.15, 0.2) is 34.7 Å². The lowest BCUT2D eigenvalue weighted by atomic mass is 10.1. The molecule has 1 aromatic carbocycles. The lowest BCUT2D eigenvalue weighted by molar-refractivity contribution is -0.384. The highest BCUT2D eigenvalue weighted by Gasteiger charge is 2.36. The van der Waals surface area contributed by atoms with Crippen molar-refractivity contribution in [1.29, 1.82) is 0 Å². The van der Waals surface area contributed by atoms with E-state index < -0.39 is 26.7 Å². The largest absolute Gasteiger partial charge is 0.444 e. The molecular weight excluding hydrogens is 458 g/mol. The zero-order valence-electron chi connectivity index (χ0n) is 17.4. The van der Waals surface area contributed by atoms with Gasteiger partial charge in [-0.2, -0.15) is 0 Å². The number of hydrogen-bond acceptors (Lipinski definition) is 7. The van der Waals surface area contributed by atoms with Crippen molar-refractivity contribution in [3.8, 4) is 0 Å². The molecule has 32 heavy (non-hydrogen) atoms. The molecule has 0 N–H and O–H groups in total. The van der Waals surface area contributed by atoms with Crippen LogP contribution in [-0.2, 0) is 16.4 Å². The quantitative estimate of drug-likeness (QED) is 0.456. The van der Waals surface area contributed by atoms with Gasteiger partial charge < -0.3 is 14.2 Å². The minimum atomic E-state index is -3.25. The fourth-order valence-corrected chi connectivity index (χ4v) is 6.16. The van der Waals surface area contributed by atoms with Crippen LogP contribution in [0.25, 0.3) is 0 Å². The molecule has 2 fully saturated rings. The average Bonchev–Trinajstić information content (AvgIpc) is 3.38. The third-order valence-electron chi connectivity index (χ3n) is 5.94. The molecule has 0 saturated carbocycles. The van der Waals surface area contributed by atoms with E-state index in [-0.39, 0.29) is 34.3 Å². The number of nitro benzene ring substituents is 1. The number of hydrogen-bond donors (Lipinski definition) is 0. The van der Waals surface area contributed by atoms with Gasteiger partial charge in [0, 0.05) is 36.8 Å². The Balaban J connectivity index is 1.61. The molecule has 0 radical (unpaired) electrons. The number of nitro groups is 1. The van der Waals surface area contributed by atoms with Crippen LogP contribution in [0.5, 0.6) is 0 Å². The minimum absolute atomic E-state index is 0.000600. The second kappa shape index (κ2) is 9.11. The lowest BCUT2D eigenvalue weighted by Crippen LogP contribution is -2.40. The molecule has 1 atom stereocenters. The maximum absolute atomic E-state index is 13.4. The Hall–Kier alpha value is -2.59. The smallest absolute Gasteiger partial charge is 0.288 e. The van der Waals surface area contributed by atoms with E-state index in [2.05, 4.69) is 4.90 Å². The molecule has 2 saturated heterocycles. The second-order valence-corrected chi connectivity index (χ2v) is 10.8. The summed E-state index contributed by atoms with van der Waals surface area (Å²) in [6, 6.07) is 6.96. The molecule has 1 aromatic heterocycles. The van der Waals surface area contributed by atoms with Crippen LogP contribution < -0.4 is 4.90 Å². The number of piperidine rings is 1. The Kier molecular flexibility index (Phi) is 6.43. The van der Waals surface area contributed by atoms with Crippen LogP contribution in [0.2, 0.25) is 5.02 Å². The second-order valence-electron chi connectivity index (χ2n) is 8.20. The first kappa shape index (κ1) is 22.6. The average molecular weight is 482 g/mol. The van der Waals surface area contributed by atoms with Crippen molar-refractivity contribution >= 4 is 38.9 Å². The van der Waals surface area contributed by atoms with E-state index in [1.54, 1.807) is 6.07 Å². The number of benzene rings is 1. The van der Waals surface area contributed by atoms with Crippen molar-refractivity contribution in [3.63, 3.8) is 0 Å². The maximum Gasteiger partial charge on any atom is 0.288 e. The summed E-state index contributed by atoms with van der Waals surface area (Å²) in [5.74, 6) is 0.621. The molecule has 9 nitrogen and oxygen atoms in total. The standard InChI is InChI=1S/C21H24ClN3O6S/c22-18-6-4-15(12-19(18)25(27)28)21(26)24(16-8-11-32(29,30)14-16)13-17-5-7-20(31-17)23-9-2-1-3-10-23/h4-7,12,16H,1-3,8-11,13-14H2. The van der Waals surface area contributed by atoms with Gasteiger partial charge in [-0.15, -0.1) is 0 Å². The summed E-state index contributed by atoms with van der Waals surface area (Å²) >= 11 is 5.88. The Morgan fingerprint density at radius 1 is 1.22 bits per heavy atom. The summed E-state index contributed by atoms with van der Waals surface area (Å²) in [6.45, 7) is 1.89. The fourth-order valence-electron chi connectivity index (χ4n) is 4.24. The number of halogens is 1. The lowest BCUT2D eigenvalue weighted by Gasteiger charge is -2.28. The number of sulfone groups is 1. The van der Waals surface area contributed by atoms with Gasteiger partial charge >= 0.3 is 0 Å². The number of carbonyl (C=O) groups is 1. The third-order valence-corrected chi connectivity index (χ3v) is 8.01. The van der Waals surface area contributed by atoms with E-state index in [4.69, 9.17) is 16.0 Å². The molecule has 0 aliphatic carbocycles. The Morgan fingerprint density at radius 3 is 2.62 bits per heavy atom. The van der Waals surface area contributed by atoms with Crippen LogP contribution in [0.1, 0.15) is 41.8 Å². The van der Waals surface area contributed by atoms with Crippen LogP contribution in [0.4, 0.5) is 11.6 Å². The van der Waals surface area contributed by atoms with Gasteiger partial charge in [-0.05, 0) is 43.9 Å². The van der Waals surface area contributed by atoms with Crippen LogP contribution in [0.3, 0.4) is 0 Å². The molecule has 1 unspecified atom stereocenters. The molecule has 4 rings (SSSR count). The topological polar surface area (TPSA) is 114 Å². The first-order valence-electron chi connectivity index (χ1n) is 10.5. The van der Waals surface area contributed by atoms with E-state index in [0.717, 1.165) is 37.9 Å². The molecule has 2 aliphatic rings. The van der Waals surface area contributed by atoms with Gasteiger partial charge in [0.25, 0.3) is 11.6 Å². The van der Waals surface area contributed by atoms with Crippen LogP contribution in [0, 0.1) is 10.1 Å². The molecule has 3 heterocycles. The van der Waals surface area contributed by atoms with E-state index in [1.807, 2.05) is 6.07 Å². The number of anilines is 1. The fraction of sp³-hybridized carbons (Fsp3) is 0.476. The molecule has 172 valence electrons. The predicted octanol–water partition coefficient (Wildman–Crippen LogP) is 3.66. The van der Waals surface area contributed by atoms with E-state index in [1.165, 1.54) is 23.5 Å². The first-order chi connectivity index (χ1) is 15.2. The van der Waals surface area contributed by atoms with Gasteiger partial charge in [-0.25, -0.2) is 8.42 Å². The number of amides is 1. The highest BCUT2D eigenvalue weighted by atomic mass is 35.5. The number of nitrogens with zero attached hydrogens (tertiary/aromatic N) is 3. The van der Waals surface area contributed by atoms with Crippen molar-refractivity contribution < 1.29 is 22.6 Å². The number of carbonyl (C=O) groups excluding carboxylic acids is 1. The highest BCUT2D eigenvalue weighted by molar-refractivity contribution is 7.91. The molecule has 0 bridgehead atoms. The Bertz CT molecular complexity index is 1130. The third kappa shape index (κ3) is 4.91. The van der Waals surface area contributed by atoms with Gasteiger partial charge in [0.2, 0.25) is 0 Å². The Morgan fingerprint density at radius 2 is 1.97 bits per heavy atom. The van der Waals surface area contributed by atoms with Gasteiger partial charge in [-0.1, -0.05) is 11.6 Å². The summed E-state index contributed by atoms with van der Waals surface area (Å²) in [4.78, 5) is 27.5. The Labute approximate surface area is 191 Å². The first-order valence-corrected chi connectivity index (χ1v) is 12.7. The minimum Gasteiger partial charge on any atom is -0.444 e. The van der Waals surface area contributed by atoms with Crippen molar-refractivity contribution in [2.75, 3.05) is 29.5 Å². The van der Waals surface area contributed by atoms with E-state index in [0.29, 0.717) is 12.2 Å². The molecule has 2 aromatic rings. The number of furan rings is 1. The van der Waals surface area contributed by atoms with Crippen molar-refractivity contribution in [1.82, 2.24) is 4.90 Å². The van der Waals surface area contributed by atoms with Crippen LogP contribution in [-0.4, -0.2) is 54.8 Å². The predicted molar refractivity (Wildman–Crippen MR) is 120 cm³/mol. The highest BCUT2D eigenvalue weighted by Crippen LogP contribution is 2.29. The monoisotopic (exact) mass is 481 g/mol. The SMILES string of the molecule is O=C(c1ccc(Cl)c([N+](=O)[O-])c1)N(Cc1ccc(N2CCCCC2)o1)C1CCS(=O)(=O)C1. The van der Waals surface area contributed by atoms with Crippen molar-refractivity contribution in [2.45, 2.75) is 38.3 Å². The van der Waals surface area contributed by atoms with Crippen molar-refractivity contribution in [2.24, 2.45) is 0 Å². The molecule has 0 spiro atoms. The van der Waals surface area contributed by atoms with Gasteiger partial charge in [0.1, 0.15) is 10.8 Å². The van der Waals surface area contributed by atoms with E-state index in [9.17, 15) is 23.3 Å². The van der Waals surface area contributed by atoms with Crippen molar-refractivity contribution in [3.05, 3.63) is 56.8 Å². The van der Waals surface area contributed by atoms with E-state index >= 15 is 0 Å².